The summed E-state index contributed by atoms with van der Waals surface area (Å²) in [5.74, 6) is 1.47. The maximum absolute atomic E-state index is 5.42. The molecular weight excluding hydrogens is 224 g/mol. The summed E-state index contributed by atoms with van der Waals surface area (Å²) in [6.45, 7) is 5.87. The lowest BCUT2D eigenvalue weighted by atomic mass is 10.4. The van der Waals surface area contributed by atoms with Gasteiger partial charge >= 0.3 is 0 Å². The average molecular weight is 240 g/mol. The maximum atomic E-state index is 5.42. The molecule has 0 atom stereocenters. The Labute approximate surface area is 99.9 Å². The Morgan fingerprint density at radius 2 is 1.94 bits per heavy atom. The van der Waals surface area contributed by atoms with Gasteiger partial charge < -0.3 is 18.9 Å². The fraction of sp³-hybridized carbons (Fsp3) is 0.636. The molecule has 17 heavy (non-hydrogen) atoms. The van der Waals surface area contributed by atoms with Gasteiger partial charge in [-0.15, -0.1) is 0 Å². The number of aromatic nitrogens is 2. The van der Waals surface area contributed by atoms with Crippen molar-refractivity contribution < 1.29 is 18.9 Å². The van der Waals surface area contributed by atoms with Crippen LogP contribution in [0.4, 0.5) is 0 Å². The van der Waals surface area contributed by atoms with Crippen LogP contribution in [-0.2, 0) is 9.47 Å². The third kappa shape index (κ3) is 2.83. The van der Waals surface area contributed by atoms with E-state index in [1.807, 2.05) is 13.8 Å². The standard InChI is InChI=1S/C11H16N2O4/c1-3-14-11(15-4-2)9-12-7-8-10(13-9)17-6-5-16-8/h7,11H,3-6H2,1-2H3. The van der Waals surface area contributed by atoms with Crippen LogP contribution in [-0.4, -0.2) is 36.4 Å². The highest BCUT2D eigenvalue weighted by Gasteiger charge is 2.20. The molecule has 1 aliphatic rings. The van der Waals surface area contributed by atoms with E-state index in [2.05, 4.69) is 9.97 Å². The summed E-state index contributed by atoms with van der Waals surface area (Å²) < 4.78 is 21.6. The first-order chi connectivity index (χ1) is 8.35. The third-order valence-electron chi connectivity index (χ3n) is 2.17. The lowest BCUT2D eigenvalue weighted by Crippen LogP contribution is -2.19. The molecule has 0 N–H and O–H groups in total. The molecule has 1 aromatic heterocycles. The highest BCUT2D eigenvalue weighted by Crippen LogP contribution is 2.28. The lowest BCUT2D eigenvalue weighted by molar-refractivity contribution is -0.145. The first-order valence-electron chi connectivity index (χ1n) is 5.70. The number of rotatable bonds is 5. The molecule has 0 amide bonds. The van der Waals surface area contributed by atoms with Crippen molar-refractivity contribution in [2.45, 2.75) is 20.1 Å². The number of hydrogen-bond acceptors (Lipinski definition) is 6. The topological polar surface area (TPSA) is 62.7 Å². The van der Waals surface area contributed by atoms with E-state index >= 15 is 0 Å². The highest BCUT2D eigenvalue weighted by molar-refractivity contribution is 5.32. The number of hydrogen-bond donors (Lipinski definition) is 0. The molecule has 0 radical (unpaired) electrons. The zero-order valence-corrected chi connectivity index (χ0v) is 10.0. The number of fused-ring (bicyclic) bond motifs is 1. The summed E-state index contributed by atoms with van der Waals surface area (Å²) in [5, 5.41) is 0. The monoisotopic (exact) mass is 240 g/mol. The van der Waals surface area contributed by atoms with Crippen molar-refractivity contribution in [2.24, 2.45) is 0 Å². The second kappa shape index (κ2) is 5.79. The van der Waals surface area contributed by atoms with Gasteiger partial charge in [-0.2, -0.15) is 4.98 Å². The largest absolute Gasteiger partial charge is 0.483 e. The maximum Gasteiger partial charge on any atom is 0.260 e. The summed E-state index contributed by atoms with van der Waals surface area (Å²) in [6.07, 6.45) is 1.03. The van der Waals surface area contributed by atoms with Gasteiger partial charge in [-0.3, -0.25) is 0 Å². The summed E-state index contributed by atoms with van der Waals surface area (Å²) in [5.41, 5.74) is 0. The van der Waals surface area contributed by atoms with Gasteiger partial charge in [-0.05, 0) is 13.8 Å². The van der Waals surface area contributed by atoms with Gasteiger partial charge in [-0.25, -0.2) is 4.98 Å². The SMILES string of the molecule is CCOC(OCC)c1ncc2c(n1)OCCO2. The Kier molecular flexibility index (Phi) is 4.11. The van der Waals surface area contributed by atoms with Crippen molar-refractivity contribution in [3.8, 4) is 11.6 Å². The summed E-state index contributed by atoms with van der Waals surface area (Å²) in [6, 6.07) is 0. The van der Waals surface area contributed by atoms with E-state index in [1.54, 1.807) is 6.20 Å². The summed E-state index contributed by atoms with van der Waals surface area (Å²) >= 11 is 0. The molecule has 94 valence electrons. The lowest BCUT2D eigenvalue weighted by Gasteiger charge is -2.19. The molecule has 6 nitrogen and oxygen atoms in total. The minimum Gasteiger partial charge on any atom is -0.483 e. The van der Waals surface area contributed by atoms with Gasteiger partial charge in [0.25, 0.3) is 5.88 Å². The smallest absolute Gasteiger partial charge is 0.260 e. The highest BCUT2D eigenvalue weighted by atomic mass is 16.7. The van der Waals surface area contributed by atoms with E-state index in [0.717, 1.165) is 0 Å². The van der Waals surface area contributed by atoms with Crippen LogP contribution >= 0.6 is 0 Å². The predicted molar refractivity (Wildman–Crippen MR) is 59.0 cm³/mol. The van der Waals surface area contributed by atoms with Crippen molar-refractivity contribution in [1.29, 1.82) is 0 Å². The average Bonchev–Trinajstić information content (AvgIpc) is 2.38. The molecule has 0 unspecified atom stereocenters. The predicted octanol–water partition coefficient (Wildman–Crippen LogP) is 1.32. The Morgan fingerprint density at radius 3 is 2.65 bits per heavy atom. The molecule has 0 saturated heterocycles. The summed E-state index contributed by atoms with van der Waals surface area (Å²) in [4.78, 5) is 8.41. The zero-order valence-electron chi connectivity index (χ0n) is 10.0. The Hall–Kier alpha value is -1.40. The first kappa shape index (κ1) is 12.1. The van der Waals surface area contributed by atoms with Crippen molar-refractivity contribution in [1.82, 2.24) is 9.97 Å². The third-order valence-corrected chi connectivity index (χ3v) is 2.17. The van der Waals surface area contributed by atoms with Crippen LogP contribution in [0.15, 0.2) is 6.20 Å². The van der Waals surface area contributed by atoms with Gasteiger partial charge in [0.05, 0.1) is 6.20 Å². The summed E-state index contributed by atoms with van der Waals surface area (Å²) in [7, 11) is 0. The van der Waals surface area contributed by atoms with Crippen LogP contribution in [0, 0.1) is 0 Å². The van der Waals surface area contributed by atoms with Gasteiger partial charge in [0.15, 0.2) is 11.6 Å². The number of ether oxygens (including phenoxy) is 4. The van der Waals surface area contributed by atoms with E-state index in [9.17, 15) is 0 Å². The minimum absolute atomic E-state index is 0.450. The molecule has 0 fully saturated rings. The van der Waals surface area contributed by atoms with Crippen LogP contribution in [0.25, 0.3) is 0 Å². The normalized spacial score (nSPS) is 14.1. The molecule has 2 heterocycles. The van der Waals surface area contributed by atoms with E-state index in [-0.39, 0.29) is 0 Å². The first-order valence-corrected chi connectivity index (χ1v) is 5.70. The van der Waals surface area contributed by atoms with E-state index in [4.69, 9.17) is 18.9 Å². The van der Waals surface area contributed by atoms with Crippen molar-refractivity contribution in [3.63, 3.8) is 0 Å². The second-order valence-corrected chi connectivity index (χ2v) is 3.34. The van der Waals surface area contributed by atoms with E-state index in [1.165, 1.54) is 0 Å². The molecule has 1 aliphatic heterocycles. The van der Waals surface area contributed by atoms with Gasteiger partial charge in [0.1, 0.15) is 13.2 Å². The molecule has 0 saturated carbocycles. The molecule has 6 heteroatoms. The molecule has 0 aliphatic carbocycles. The molecule has 2 rings (SSSR count). The van der Waals surface area contributed by atoms with Crippen LogP contribution in [0.3, 0.4) is 0 Å². The minimum atomic E-state index is -0.555. The second-order valence-electron chi connectivity index (χ2n) is 3.34. The molecule has 0 bridgehead atoms. The van der Waals surface area contributed by atoms with Gasteiger partial charge in [0.2, 0.25) is 6.29 Å². The van der Waals surface area contributed by atoms with E-state index in [0.29, 0.717) is 43.9 Å². The fourth-order valence-corrected chi connectivity index (χ4v) is 1.47. The Morgan fingerprint density at radius 1 is 1.24 bits per heavy atom. The quantitative estimate of drug-likeness (QED) is 0.723. The van der Waals surface area contributed by atoms with E-state index < -0.39 is 6.29 Å². The Bertz CT molecular complexity index is 366. The van der Waals surface area contributed by atoms with Crippen LogP contribution in [0.1, 0.15) is 26.0 Å². The van der Waals surface area contributed by atoms with Crippen molar-refractivity contribution >= 4 is 0 Å². The van der Waals surface area contributed by atoms with Gasteiger partial charge in [0, 0.05) is 13.2 Å². The molecule has 0 aromatic carbocycles. The van der Waals surface area contributed by atoms with Gasteiger partial charge in [-0.1, -0.05) is 0 Å². The molecular formula is C11H16N2O4. The van der Waals surface area contributed by atoms with Crippen molar-refractivity contribution in [3.05, 3.63) is 12.0 Å². The van der Waals surface area contributed by atoms with Crippen LogP contribution in [0.2, 0.25) is 0 Å². The Balaban J connectivity index is 2.18. The number of nitrogens with zero attached hydrogens (tertiary/aromatic N) is 2. The van der Waals surface area contributed by atoms with Crippen LogP contribution < -0.4 is 9.47 Å². The molecule has 0 spiro atoms. The zero-order chi connectivity index (χ0) is 12.1. The molecule has 1 aromatic rings. The van der Waals surface area contributed by atoms with Crippen LogP contribution in [0.5, 0.6) is 11.6 Å². The van der Waals surface area contributed by atoms with Crippen molar-refractivity contribution in [2.75, 3.05) is 26.4 Å². The fourth-order valence-electron chi connectivity index (χ4n) is 1.47.